The van der Waals surface area contributed by atoms with E-state index in [1.54, 1.807) is 33.9 Å². The van der Waals surface area contributed by atoms with Crippen LogP contribution in [-0.4, -0.2) is 103 Å². The molecule has 0 N–H and O–H groups in total. The first-order valence-corrected chi connectivity index (χ1v) is 27.5. The third kappa shape index (κ3) is 11.9. The first-order chi connectivity index (χ1) is 33.1. The third-order valence-corrected chi connectivity index (χ3v) is 19.8. The van der Waals surface area contributed by atoms with Crippen LogP contribution in [0.15, 0.2) is 79.0 Å². The number of methoxy groups -OCH3 is 1. The van der Waals surface area contributed by atoms with Crippen molar-refractivity contribution in [1.82, 2.24) is 19.7 Å². The number of unbranched alkanes of at least 4 members (excludes halogenated alkanes) is 1. The van der Waals surface area contributed by atoms with E-state index in [2.05, 4.69) is 107 Å². The molecule has 4 saturated carbocycles. The van der Waals surface area contributed by atoms with Crippen molar-refractivity contribution in [2.24, 2.45) is 16.2 Å². The monoisotopic (exact) mass is 992 g/mol. The summed E-state index contributed by atoms with van der Waals surface area (Å²) in [6, 6.07) is 25.2. The number of aromatic nitrogens is 3. The molecule has 2 atom stereocenters. The largest absolute Gasteiger partial charge is 0.464 e. The molecule has 2 aromatic heterocycles. The van der Waals surface area contributed by atoms with Crippen molar-refractivity contribution >= 4 is 42.7 Å². The van der Waals surface area contributed by atoms with Crippen LogP contribution in [0.1, 0.15) is 144 Å². The molecule has 0 spiro atoms. The maximum Gasteiger partial charge on any atom is 0.416 e. The van der Waals surface area contributed by atoms with E-state index in [0.717, 1.165) is 49.9 Å². The number of carbonyl (C=O) groups excluding carboxylic acids is 3. The van der Waals surface area contributed by atoms with Gasteiger partial charge in [-0.1, -0.05) is 95.3 Å². The van der Waals surface area contributed by atoms with Crippen LogP contribution in [0.5, 0.6) is 0 Å². The maximum absolute atomic E-state index is 13.8. The number of anilines is 1. The van der Waals surface area contributed by atoms with E-state index < -0.39 is 37.7 Å². The molecule has 4 aromatic rings. The fourth-order valence-corrected chi connectivity index (χ4v) is 17.8. The highest BCUT2D eigenvalue weighted by molar-refractivity contribution is 6.99. The standard InChI is InChI=1S/C57H81N5O8Si/c1-41-45(44-27-28-46(59-47(44)48(63)66-14)61(50(65)70-52(5,6)7)30-22-21-29-60(13)49(64)69-51(2,3)4)33-58-62(41)40-56-35-54(11)34-55(12,36-56)38-57(37-54,39-56)67-31-32-68-71(53(8,9)10,42-23-17-15-18-24-42)43-25-19-16-20-26-43/h15-20,23-28,33H,21-22,29-32,34-40H2,1-14H3. The molecular formula is C57H81N5O8Si. The lowest BCUT2D eigenvalue weighted by Crippen LogP contribution is -2.67. The minimum Gasteiger partial charge on any atom is -0.464 e. The van der Waals surface area contributed by atoms with Crippen LogP contribution in [0.4, 0.5) is 15.4 Å². The summed E-state index contributed by atoms with van der Waals surface area (Å²) in [4.78, 5) is 47.8. The van der Waals surface area contributed by atoms with E-state index >= 15 is 0 Å². The zero-order chi connectivity index (χ0) is 51.8. The van der Waals surface area contributed by atoms with E-state index in [-0.39, 0.29) is 44.9 Å². The highest BCUT2D eigenvalue weighted by Gasteiger charge is 2.66. The Balaban J connectivity index is 1.11. The number of ether oxygens (including phenoxy) is 4. The predicted molar refractivity (Wildman–Crippen MR) is 282 cm³/mol. The van der Waals surface area contributed by atoms with Crippen LogP contribution in [0.3, 0.4) is 0 Å². The zero-order valence-corrected chi connectivity index (χ0v) is 46.2. The second-order valence-corrected chi connectivity index (χ2v) is 29.1. The molecule has 2 unspecified atom stereocenters. The number of hydrogen-bond acceptors (Lipinski definition) is 10. The summed E-state index contributed by atoms with van der Waals surface area (Å²) in [5.74, 6) is -0.372. The number of nitrogens with zero attached hydrogens (tertiary/aromatic N) is 5. The first-order valence-electron chi connectivity index (χ1n) is 25.6. The number of amides is 2. The van der Waals surface area contributed by atoms with Gasteiger partial charge in [0.25, 0.3) is 8.32 Å². The quantitative estimate of drug-likeness (QED) is 0.0435. The van der Waals surface area contributed by atoms with Crippen molar-refractivity contribution in [3.8, 4) is 11.1 Å². The van der Waals surface area contributed by atoms with Crippen molar-refractivity contribution in [3.63, 3.8) is 0 Å². The van der Waals surface area contributed by atoms with Crippen LogP contribution in [0.25, 0.3) is 11.1 Å². The number of carbonyl (C=O) groups is 3. The molecule has 4 fully saturated rings. The lowest BCUT2D eigenvalue weighted by molar-refractivity contribution is -0.249. The Labute approximate surface area is 424 Å². The summed E-state index contributed by atoms with van der Waals surface area (Å²) in [5, 5.41) is 7.44. The molecule has 0 aliphatic heterocycles. The molecule has 71 heavy (non-hydrogen) atoms. The number of pyridine rings is 1. The average molecular weight is 992 g/mol. The molecular weight excluding hydrogens is 911 g/mol. The molecule has 2 amide bonds. The van der Waals surface area contributed by atoms with E-state index in [0.29, 0.717) is 38.2 Å². The Morgan fingerprint density at radius 3 is 1.82 bits per heavy atom. The summed E-state index contributed by atoms with van der Waals surface area (Å²) in [6.45, 7) is 27.3. The number of hydrogen-bond donors (Lipinski definition) is 0. The fraction of sp³-hybridized carbons (Fsp3) is 0.596. The van der Waals surface area contributed by atoms with E-state index in [1.807, 2.05) is 33.0 Å². The van der Waals surface area contributed by atoms with Gasteiger partial charge in [-0.2, -0.15) is 5.10 Å². The Morgan fingerprint density at radius 2 is 1.27 bits per heavy atom. The van der Waals surface area contributed by atoms with E-state index in [9.17, 15) is 14.4 Å². The second-order valence-electron chi connectivity index (χ2n) is 24.8. The molecule has 14 heteroatoms. The van der Waals surface area contributed by atoms with Gasteiger partial charge in [0.15, 0.2) is 5.69 Å². The highest BCUT2D eigenvalue weighted by Crippen LogP contribution is 2.72. The summed E-state index contributed by atoms with van der Waals surface area (Å²) in [6.07, 6.45) is 8.30. The van der Waals surface area contributed by atoms with Crippen molar-refractivity contribution in [1.29, 1.82) is 0 Å². The van der Waals surface area contributed by atoms with Gasteiger partial charge in [-0.15, -0.1) is 0 Å². The Hall–Kier alpha value is -5.05. The lowest BCUT2D eigenvalue weighted by atomic mass is 9.39. The van der Waals surface area contributed by atoms with Crippen LogP contribution >= 0.6 is 0 Å². The molecule has 4 aliphatic carbocycles. The molecule has 2 heterocycles. The zero-order valence-electron chi connectivity index (χ0n) is 45.2. The molecule has 8 rings (SSSR count). The fourth-order valence-electron chi connectivity index (χ4n) is 13.3. The Morgan fingerprint density at radius 1 is 0.704 bits per heavy atom. The Kier molecular flexibility index (Phi) is 15.2. The van der Waals surface area contributed by atoms with E-state index in [4.69, 9.17) is 33.5 Å². The van der Waals surface area contributed by atoms with Crippen LogP contribution in [0.2, 0.25) is 5.04 Å². The van der Waals surface area contributed by atoms with Gasteiger partial charge in [-0.25, -0.2) is 19.4 Å². The molecule has 386 valence electrons. The van der Waals surface area contributed by atoms with Crippen LogP contribution < -0.4 is 15.3 Å². The summed E-state index contributed by atoms with van der Waals surface area (Å²) in [7, 11) is 0.301. The van der Waals surface area contributed by atoms with Gasteiger partial charge in [0.05, 0.1) is 32.1 Å². The molecule has 2 aromatic carbocycles. The van der Waals surface area contributed by atoms with Gasteiger partial charge in [-0.05, 0) is 144 Å². The average Bonchev–Trinajstić information content (AvgIpc) is 3.61. The first kappa shape index (κ1) is 53.7. The summed E-state index contributed by atoms with van der Waals surface area (Å²) >= 11 is 0. The molecule has 4 bridgehead atoms. The molecule has 13 nitrogen and oxygen atoms in total. The molecule has 4 aliphatic rings. The Bertz CT molecular complexity index is 2470. The predicted octanol–water partition coefficient (Wildman–Crippen LogP) is 11.1. The van der Waals surface area contributed by atoms with E-state index in [1.165, 1.54) is 33.7 Å². The highest BCUT2D eigenvalue weighted by atomic mass is 28.4. The molecule has 0 radical (unpaired) electrons. The van der Waals surface area contributed by atoms with Gasteiger partial charge >= 0.3 is 18.2 Å². The number of benzene rings is 2. The summed E-state index contributed by atoms with van der Waals surface area (Å²) < 4.78 is 33.3. The van der Waals surface area contributed by atoms with Crippen molar-refractivity contribution < 1.29 is 37.8 Å². The third-order valence-electron chi connectivity index (χ3n) is 14.7. The van der Waals surface area contributed by atoms with Crippen LogP contribution in [-0.2, 0) is 29.9 Å². The van der Waals surface area contributed by atoms with Crippen molar-refractivity contribution in [2.45, 2.75) is 163 Å². The lowest BCUT2D eigenvalue weighted by Gasteiger charge is -2.69. The van der Waals surface area contributed by atoms with Gasteiger partial charge in [0.1, 0.15) is 17.0 Å². The number of esters is 1. The number of rotatable bonds is 17. The van der Waals surface area contributed by atoms with Gasteiger partial charge in [-0.3, -0.25) is 9.58 Å². The second kappa shape index (κ2) is 20.1. The summed E-state index contributed by atoms with van der Waals surface area (Å²) in [5.41, 5.74) is 0.870. The van der Waals surface area contributed by atoms with Crippen LogP contribution in [0, 0.1) is 23.2 Å². The van der Waals surface area contributed by atoms with Gasteiger partial charge in [0, 0.05) is 43.5 Å². The molecule has 0 saturated heterocycles. The van der Waals surface area contributed by atoms with Gasteiger partial charge < -0.3 is 28.3 Å². The maximum atomic E-state index is 13.8. The normalized spacial score (nSPS) is 23.1. The minimum absolute atomic E-state index is 0.0476. The van der Waals surface area contributed by atoms with Gasteiger partial charge in [0.2, 0.25) is 0 Å². The smallest absolute Gasteiger partial charge is 0.416 e. The minimum atomic E-state index is -2.72. The van der Waals surface area contributed by atoms with Crippen molar-refractivity contribution in [3.05, 3.63) is 90.4 Å². The SMILES string of the molecule is COC(=O)c1nc(N(CCCCN(C)C(=O)OC(C)(C)C)C(=O)OC(C)(C)C)ccc1-c1cnn(CC23CC4(C)CC(C)(C2)CC(OCCO[Si](c2ccccc2)(c2ccccc2)C(C)(C)C)(C4)C3)c1C. The topological polar surface area (TPSA) is 135 Å². The van der Waals surface area contributed by atoms with Crippen molar-refractivity contribution in [2.75, 3.05) is 45.4 Å².